The second kappa shape index (κ2) is 11.6. The zero-order valence-electron chi connectivity index (χ0n) is 17.9. The molecule has 1 saturated heterocycles. The van der Waals surface area contributed by atoms with Gasteiger partial charge in [-0.25, -0.2) is 0 Å². The lowest BCUT2D eigenvalue weighted by Gasteiger charge is -2.40. The molecule has 0 spiro atoms. The fraction of sp³-hybridized carbons (Fsp3) is 0.696. The molecule has 2 N–H and O–H groups in total. The molecule has 1 aliphatic heterocycles. The highest BCUT2D eigenvalue weighted by Crippen LogP contribution is 2.26. The maximum Gasteiger partial charge on any atom is 0.0401 e. The molecule has 2 rings (SSSR count). The summed E-state index contributed by atoms with van der Waals surface area (Å²) in [5, 5.41) is 12.0. The van der Waals surface area contributed by atoms with Gasteiger partial charge >= 0.3 is 0 Å². The van der Waals surface area contributed by atoms with E-state index in [9.17, 15) is 0 Å². The van der Waals surface area contributed by atoms with Crippen LogP contribution in [-0.2, 0) is 0 Å². The van der Waals surface area contributed by atoms with Crippen molar-refractivity contribution >= 4 is 5.71 Å². The van der Waals surface area contributed by atoms with E-state index in [1.165, 1.54) is 18.4 Å². The maximum absolute atomic E-state index is 8.38. The van der Waals surface area contributed by atoms with E-state index in [2.05, 4.69) is 67.1 Å². The lowest BCUT2D eigenvalue weighted by molar-refractivity contribution is 0.143. The Morgan fingerprint density at radius 2 is 1.96 bits per heavy atom. The van der Waals surface area contributed by atoms with Gasteiger partial charge in [0.15, 0.2) is 0 Å². The molecule has 27 heavy (non-hydrogen) atoms. The monoisotopic (exact) mass is 372 g/mol. The van der Waals surface area contributed by atoms with Crippen LogP contribution >= 0.6 is 0 Å². The molecule has 0 bridgehead atoms. The number of hydrogen-bond donors (Lipinski definition) is 2. The first kappa shape index (κ1) is 22.1. The van der Waals surface area contributed by atoms with Crippen LogP contribution in [0.1, 0.15) is 40.5 Å². The summed E-state index contributed by atoms with van der Waals surface area (Å²) < 4.78 is 0. The second-order valence-corrected chi connectivity index (χ2v) is 7.95. The number of nitrogens with zero attached hydrogens (tertiary/aromatic N) is 2. The second-order valence-electron chi connectivity index (χ2n) is 7.95. The Bertz CT molecular complexity index is 537. The van der Waals surface area contributed by atoms with Gasteiger partial charge in [-0.2, -0.15) is 0 Å². The minimum absolute atomic E-state index is 0.190. The first-order chi connectivity index (χ1) is 13.1. The summed E-state index contributed by atoms with van der Waals surface area (Å²) in [6.07, 6.45) is 13.3. The van der Waals surface area contributed by atoms with Crippen molar-refractivity contribution < 1.29 is 0 Å². The number of hydrogen-bond acceptors (Lipinski definition) is 4. The zero-order chi connectivity index (χ0) is 19.6. The third-order valence-electron chi connectivity index (χ3n) is 6.09. The van der Waals surface area contributed by atoms with Crippen LogP contribution in [0.25, 0.3) is 0 Å². The largest absolute Gasteiger partial charge is 0.315 e. The molecule has 0 amide bonds. The first-order valence-electron chi connectivity index (χ1n) is 10.8. The molecule has 1 fully saturated rings. The van der Waals surface area contributed by atoms with E-state index in [-0.39, 0.29) is 5.92 Å². The average molecular weight is 373 g/mol. The molecule has 0 aromatic rings. The van der Waals surface area contributed by atoms with Gasteiger partial charge in [-0.15, -0.1) is 0 Å². The van der Waals surface area contributed by atoms with Crippen molar-refractivity contribution in [1.82, 2.24) is 15.1 Å². The van der Waals surface area contributed by atoms with Crippen LogP contribution in [0.15, 0.2) is 36.0 Å². The smallest absolute Gasteiger partial charge is 0.0401 e. The Balaban J connectivity index is 1.80. The molecule has 0 saturated carbocycles. The van der Waals surface area contributed by atoms with Gasteiger partial charge in [0.05, 0.1) is 0 Å². The Morgan fingerprint density at radius 1 is 1.26 bits per heavy atom. The SMILES string of the molecule is C/C=C\C(C1C=C(C)C=CC1=N)N1CCC(CNCCN(CC)CC)CC1. The van der Waals surface area contributed by atoms with Crippen LogP contribution in [0.4, 0.5) is 0 Å². The Hall–Kier alpha value is -1.23. The number of piperidine rings is 1. The third kappa shape index (κ3) is 6.70. The highest BCUT2D eigenvalue weighted by molar-refractivity contribution is 5.97. The van der Waals surface area contributed by atoms with Crippen molar-refractivity contribution in [3.63, 3.8) is 0 Å². The summed E-state index contributed by atoms with van der Waals surface area (Å²) in [5.74, 6) is 0.974. The topological polar surface area (TPSA) is 42.4 Å². The Kier molecular flexibility index (Phi) is 9.46. The van der Waals surface area contributed by atoms with Gasteiger partial charge in [0.25, 0.3) is 0 Å². The predicted octanol–water partition coefficient (Wildman–Crippen LogP) is 3.73. The van der Waals surface area contributed by atoms with Gasteiger partial charge < -0.3 is 15.6 Å². The van der Waals surface area contributed by atoms with Gasteiger partial charge in [0.2, 0.25) is 0 Å². The quantitative estimate of drug-likeness (QED) is 0.454. The third-order valence-corrected chi connectivity index (χ3v) is 6.09. The number of nitrogens with one attached hydrogen (secondary N) is 2. The standard InChI is InChI=1S/C23H40N4/c1-5-8-23(21-17-19(4)9-10-22(21)24)27-14-11-20(12-15-27)18-25-13-16-26(6-2)7-3/h5,8-10,17,20-21,23-25H,6-7,11-16,18H2,1-4H3/b8-5-,24-22?. The minimum atomic E-state index is 0.190. The van der Waals surface area contributed by atoms with Crippen LogP contribution in [0.5, 0.6) is 0 Å². The predicted molar refractivity (Wildman–Crippen MR) is 118 cm³/mol. The van der Waals surface area contributed by atoms with Gasteiger partial charge in [-0.05, 0) is 71.4 Å². The van der Waals surface area contributed by atoms with Gasteiger partial charge in [0.1, 0.15) is 0 Å². The van der Waals surface area contributed by atoms with Crippen molar-refractivity contribution in [1.29, 1.82) is 5.41 Å². The summed E-state index contributed by atoms with van der Waals surface area (Å²) in [6.45, 7) is 16.6. The normalized spacial score (nSPS) is 23.4. The minimum Gasteiger partial charge on any atom is -0.315 e. The first-order valence-corrected chi connectivity index (χ1v) is 10.8. The number of likely N-dealkylation sites (N-methyl/N-ethyl adjacent to an activating group) is 1. The molecular weight excluding hydrogens is 332 g/mol. The molecule has 2 aliphatic rings. The molecular formula is C23H40N4. The molecule has 2 unspecified atom stereocenters. The van der Waals surface area contributed by atoms with Gasteiger partial charge in [0, 0.05) is 30.8 Å². The molecule has 4 heteroatoms. The van der Waals surface area contributed by atoms with Crippen LogP contribution in [0, 0.1) is 17.2 Å². The zero-order valence-corrected chi connectivity index (χ0v) is 17.9. The molecule has 4 nitrogen and oxygen atoms in total. The number of rotatable bonds is 10. The summed E-state index contributed by atoms with van der Waals surface area (Å²) in [4.78, 5) is 5.06. The molecule has 0 aromatic heterocycles. The van der Waals surface area contributed by atoms with E-state index in [4.69, 9.17) is 5.41 Å². The van der Waals surface area contributed by atoms with Crippen LogP contribution in [-0.4, -0.2) is 67.4 Å². The van der Waals surface area contributed by atoms with Gasteiger partial charge in [-0.3, -0.25) is 4.90 Å². The molecule has 0 radical (unpaired) electrons. The Morgan fingerprint density at radius 3 is 2.59 bits per heavy atom. The van der Waals surface area contributed by atoms with Crippen molar-refractivity contribution in [2.75, 3.05) is 45.8 Å². The molecule has 1 heterocycles. The highest BCUT2D eigenvalue weighted by atomic mass is 15.2. The Labute approximate surface area is 166 Å². The van der Waals surface area contributed by atoms with Crippen LogP contribution in [0.2, 0.25) is 0 Å². The van der Waals surface area contributed by atoms with E-state index in [0.29, 0.717) is 6.04 Å². The van der Waals surface area contributed by atoms with Crippen LogP contribution in [0.3, 0.4) is 0 Å². The fourth-order valence-electron chi connectivity index (χ4n) is 4.25. The van der Waals surface area contributed by atoms with E-state index in [1.807, 2.05) is 6.08 Å². The lowest BCUT2D eigenvalue weighted by Crippen LogP contribution is -2.47. The average Bonchev–Trinajstić information content (AvgIpc) is 2.69. The van der Waals surface area contributed by atoms with E-state index in [1.54, 1.807) is 0 Å². The summed E-state index contributed by atoms with van der Waals surface area (Å²) >= 11 is 0. The summed E-state index contributed by atoms with van der Waals surface area (Å²) in [5.41, 5.74) is 2.02. The molecule has 0 aromatic carbocycles. The molecule has 2 atom stereocenters. The summed E-state index contributed by atoms with van der Waals surface area (Å²) in [6, 6.07) is 0.318. The van der Waals surface area contributed by atoms with Gasteiger partial charge in [-0.1, -0.05) is 43.7 Å². The van der Waals surface area contributed by atoms with Crippen molar-refractivity contribution in [3.8, 4) is 0 Å². The maximum atomic E-state index is 8.38. The molecule has 152 valence electrons. The highest BCUT2D eigenvalue weighted by Gasteiger charge is 2.30. The van der Waals surface area contributed by atoms with E-state index in [0.717, 1.165) is 57.4 Å². The van der Waals surface area contributed by atoms with E-state index >= 15 is 0 Å². The van der Waals surface area contributed by atoms with Crippen molar-refractivity contribution in [2.24, 2.45) is 11.8 Å². The molecule has 1 aliphatic carbocycles. The number of likely N-dealkylation sites (tertiary alicyclic amines) is 1. The number of allylic oxidation sites excluding steroid dienone is 4. The fourth-order valence-corrected chi connectivity index (χ4v) is 4.25. The van der Waals surface area contributed by atoms with Crippen LogP contribution < -0.4 is 5.32 Å². The van der Waals surface area contributed by atoms with Crippen molar-refractivity contribution in [3.05, 3.63) is 36.0 Å². The summed E-state index contributed by atoms with van der Waals surface area (Å²) in [7, 11) is 0. The lowest BCUT2D eigenvalue weighted by atomic mass is 9.85. The van der Waals surface area contributed by atoms with Crippen molar-refractivity contribution in [2.45, 2.75) is 46.6 Å². The van der Waals surface area contributed by atoms with E-state index < -0.39 is 0 Å².